The van der Waals surface area contributed by atoms with E-state index in [1.54, 1.807) is 0 Å². The Balaban J connectivity index is 1.35. The number of nitrogens with zero attached hydrogens (tertiary/aromatic N) is 1. The number of aromatic nitrogens is 1. The fourth-order valence-electron chi connectivity index (χ4n) is 3.79. The zero-order chi connectivity index (χ0) is 16.4. The van der Waals surface area contributed by atoms with Crippen LogP contribution in [0.4, 0.5) is 0 Å². The summed E-state index contributed by atoms with van der Waals surface area (Å²) in [6, 6.07) is 10.7. The lowest BCUT2D eigenvalue weighted by atomic mass is 9.76. The Bertz CT molecular complexity index is 686. The van der Waals surface area contributed by atoms with Crippen LogP contribution in [0.25, 0.3) is 0 Å². The van der Waals surface area contributed by atoms with Crippen molar-refractivity contribution in [1.29, 1.82) is 0 Å². The van der Waals surface area contributed by atoms with E-state index in [1.165, 1.54) is 12.0 Å². The SMILES string of the molecule is O=C(NC1CC(c2ccccc2)C1)c1ncoc1C1CCNCC1. The number of benzene rings is 1. The maximum Gasteiger partial charge on any atom is 0.273 e. The summed E-state index contributed by atoms with van der Waals surface area (Å²) in [5.74, 6) is 1.52. The monoisotopic (exact) mass is 325 g/mol. The molecular weight excluding hydrogens is 302 g/mol. The van der Waals surface area contributed by atoms with E-state index in [1.807, 2.05) is 6.07 Å². The van der Waals surface area contributed by atoms with E-state index >= 15 is 0 Å². The summed E-state index contributed by atoms with van der Waals surface area (Å²) < 4.78 is 5.55. The van der Waals surface area contributed by atoms with Crippen LogP contribution in [0, 0.1) is 0 Å². The summed E-state index contributed by atoms with van der Waals surface area (Å²) in [6.45, 7) is 1.93. The third-order valence-electron chi connectivity index (χ3n) is 5.26. The number of carbonyl (C=O) groups is 1. The van der Waals surface area contributed by atoms with E-state index in [0.29, 0.717) is 17.5 Å². The average molecular weight is 325 g/mol. The molecule has 126 valence electrons. The molecule has 1 aliphatic heterocycles. The lowest BCUT2D eigenvalue weighted by molar-refractivity contribution is 0.0901. The van der Waals surface area contributed by atoms with Crippen molar-refractivity contribution in [2.24, 2.45) is 0 Å². The number of piperidine rings is 1. The lowest BCUT2D eigenvalue weighted by Gasteiger charge is -2.36. The van der Waals surface area contributed by atoms with E-state index in [-0.39, 0.29) is 11.9 Å². The highest BCUT2D eigenvalue weighted by Gasteiger charge is 2.33. The van der Waals surface area contributed by atoms with Gasteiger partial charge in [0.05, 0.1) is 0 Å². The van der Waals surface area contributed by atoms with E-state index in [9.17, 15) is 4.79 Å². The van der Waals surface area contributed by atoms with Gasteiger partial charge in [0.15, 0.2) is 12.1 Å². The van der Waals surface area contributed by atoms with Crippen LogP contribution in [0.3, 0.4) is 0 Å². The molecule has 1 aromatic heterocycles. The Hall–Kier alpha value is -2.14. The van der Waals surface area contributed by atoms with Gasteiger partial charge in [-0.2, -0.15) is 0 Å². The molecule has 2 fully saturated rings. The van der Waals surface area contributed by atoms with E-state index < -0.39 is 0 Å². The highest BCUT2D eigenvalue weighted by molar-refractivity contribution is 5.93. The first-order valence-corrected chi connectivity index (χ1v) is 8.81. The third-order valence-corrected chi connectivity index (χ3v) is 5.26. The van der Waals surface area contributed by atoms with Crippen LogP contribution in [0.5, 0.6) is 0 Å². The van der Waals surface area contributed by atoms with Crippen LogP contribution in [0.15, 0.2) is 41.1 Å². The molecule has 24 heavy (non-hydrogen) atoms. The van der Waals surface area contributed by atoms with Gasteiger partial charge in [-0.15, -0.1) is 0 Å². The van der Waals surface area contributed by atoms with E-state index in [2.05, 4.69) is 39.9 Å². The minimum absolute atomic E-state index is 0.0891. The third kappa shape index (κ3) is 3.08. The maximum atomic E-state index is 12.6. The molecule has 2 N–H and O–H groups in total. The summed E-state index contributed by atoms with van der Waals surface area (Å²) >= 11 is 0. The van der Waals surface area contributed by atoms with Crippen LogP contribution in [-0.2, 0) is 0 Å². The van der Waals surface area contributed by atoms with Crippen LogP contribution in [-0.4, -0.2) is 30.0 Å². The van der Waals surface area contributed by atoms with E-state index in [0.717, 1.165) is 44.5 Å². The second-order valence-corrected chi connectivity index (χ2v) is 6.84. The molecule has 1 aliphatic carbocycles. The van der Waals surface area contributed by atoms with Crippen molar-refractivity contribution in [3.63, 3.8) is 0 Å². The molecule has 1 saturated heterocycles. The predicted molar refractivity (Wildman–Crippen MR) is 91.0 cm³/mol. The summed E-state index contributed by atoms with van der Waals surface area (Å²) in [5, 5.41) is 6.45. The standard InChI is InChI=1S/C19H23N3O2/c23-19(17-18(24-12-21-17)14-6-8-20-9-7-14)22-16-10-15(11-16)13-4-2-1-3-5-13/h1-5,12,14-16,20H,6-11H2,(H,22,23). The Kier molecular flexibility index (Phi) is 4.34. The molecule has 0 unspecified atom stereocenters. The van der Waals surface area contributed by atoms with Gasteiger partial charge >= 0.3 is 0 Å². The molecule has 5 heteroatoms. The fourth-order valence-corrected chi connectivity index (χ4v) is 3.79. The molecule has 1 aromatic carbocycles. The normalized spacial score (nSPS) is 24.3. The molecule has 2 aliphatic rings. The first kappa shape index (κ1) is 15.4. The van der Waals surface area contributed by atoms with Gasteiger partial charge < -0.3 is 15.1 Å². The molecule has 0 atom stereocenters. The minimum atomic E-state index is -0.0891. The highest BCUT2D eigenvalue weighted by atomic mass is 16.3. The quantitative estimate of drug-likeness (QED) is 0.907. The fraction of sp³-hybridized carbons (Fsp3) is 0.474. The number of hydrogen-bond donors (Lipinski definition) is 2. The second kappa shape index (κ2) is 6.77. The van der Waals surface area contributed by atoms with Gasteiger partial charge in [-0.1, -0.05) is 30.3 Å². The van der Waals surface area contributed by atoms with Crippen LogP contribution in [0.2, 0.25) is 0 Å². The molecule has 0 bridgehead atoms. The Morgan fingerprint density at radius 1 is 1.12 bits per heavy atom. The van der Waals surface area contributed by atoms with Crippen molar-refractivity contribution in [3.05, 3.63) is 53.7 Å². The smallest absolute Gasteiger partial charge is 0.273 e. The summed E-state index contributed by atoms with van der Waals surface area (Å²) in [7, 11) is 0. The van der Waals surface area contributed by atoms with Crippen molar-refractivity contribution in [3.8, 4) is 0 Å². The topological polar surface area (TPSA) is 67.2 Å². The number of rotatable bonds is 4. The van der Waals surface area contributed by atoms with Gasteiger partial charge in [0.1, 0.15) is 5.76 Å². The predicted octanol–water partition coefficient (Wildman–Crippen LogP) is 2.82. The molecule has 2 heterocycles. The molecule has 1 saturated carbocycles. The van der Waals surface area contributed by atoms with Gasteiger partial charge in [0, 0.05) is 12.0 Å². The zero-order valence-electron chi connectivity index (χ0n) is 13.7. The van der Waals surface area contributed by atoms with E-state index in [4.69, 9.17) is 4.42 Å². The van der Waals surface area contributed by atoms with Gasteiger partial charge in [-0.25, -0.2) is 4.98 Å². The first-order valence-electron chi connectivity index (χ1n) is 8.81. The van der Waals surface area contributed by atoms with Crippen LogP contribution in [0.1, 0.15) is 59.3 Å². The largest absolute Gasteiger partial charge is 0.447 e. The molecule has 0 spiro atoms. The Morgan fingerprint density at radius 2 is 1.88 bits per heavy atom. The number of nitrogens with one attached hydrogen (secondary N) is 2. The molecule has 2 aromatic rings. The van der Waals surface area contributed by atoms with Gasteiger partial charge in [0.2, 0.25) is 0 Å². The van der Waals surface area contributed by atoms with Gasteiger partial charge in [-0.05, 0) is 50.3 Å². The maximum absolute atomic E-state index is 12.6. The zero-order valence-corrected chi connectivity index (χ0v) is 13.7. The van der Waals surface area contributed by atoms with Crippen molar-refractivity contribution in [1.82, 2.24) is 15.6 Å². The van der Waals surface area contributed by atoms with Crippen molar-refractivity contribution >= 4 is 5.91 Å². The molecule has 4 rings (SSSR count). The van der Waals surface area contributed by atoms with Gasteiger partial charge in [-0.3, -0.25) is 4.79 Å². The summed E-state index contributed by atoms with van der Waals surface area (Å²) in [6.07, 6.45) is 5.39. The van der Waals surface area contributed by atoms with Crippen molar-refractivity contribution in [2.75, 3.05) is 13.1 Å². The number of amides is 1. The minimum Gasteiger partial charge on any atom is -0.447 e. The lowest BCUT2D eigenvalue weighted by Crippen LogP contribution is -2.43. The van der Waals surface area contributed by atoms with Crippen molar-refractivity contribution in [2.45, 2.75) is 43.6 Å². The summed E-state index contributed by atoms with van der Waals surface area (Å²) in [5.41, 5.74) is 1.84. The van der Waals surface area contributed by atoms with Gasteiger partial charge in [0.25, 0.3) is 5.91 Å². The highest BCUT2D eigenvalue weighted by Crippen LogP contribution is 2.37. The molecule has 0 radical (unpaired) electrons. The number of carbonyl (C=O) groups excluding carboxylic acids is 1. The molecule has 1 amide bonds. The van der Waals surface area contributed by atoms with Crippen LogP contribution < -0.4 is 10.6 Å². The first-order chi connectivity index (χ1) is 11.8. The number of oxazole rings is 1. The summed E-state index contributed by atoms with van der Waals surface area (Å²) in [4.78, 5) is 16.7. The number of hydrogen-bond acceptors (Lipinski definition) is 4. The average Bonchev–Trinajstić information content (AvgIpc) is 3.09. The van der Waals surface area contributed by atoms with Crippen LogP contribution >= 0.6 is 0 Å². The molecule has 5 nitrogen and oxygen atoms in total. The Labute approximate surface area is 141 Å². The molecular formula is C19H23N3O2. The second-order valence-electron chi connectivity index (χ2n) is 6.84. The Morgan fingerprint density at radius 3 is 2.62 bits per heavy atom. The van der Waals surface area contributed by atoms with Crippen molar-refractivity contribution < 1.29 is 9.21 Å².